The van der Waals surface area contributed by atoms with Crippen molar-refractivity contribution in [3.8, 4) is 11.5 Å². The Morgan fingerprint density at radius 1 is 1.11 bits per heavy atom. The van der Waals surface area contributed by atoms with Crippen LogP contribution in [0.1, 0.15) is 16.7 Å². The lowest BCUT2D eigenvalue weighted by Crippen LogP contribution is -2.11. The van der Waals surface area contributed by atoms with Gasteiger partial charge in [-0.1, -0.05) is 12.1 Å². The summed E-state index contributed by atoms with van der Waals surface area (Å²) in [5, 5.41) is 6.64. The Bertz CT molecular complexity index is 1140. The fourth-order valence-corrected chi connectivity index (χ4v) is 3.40. The number of hydrogen-bond donors (Lipinski definition) is 0. The van der Waals surface area contributed by atoms with Gasteiger partial charge in [0, 0.05) is 23.3 Å². The van der Waals surface area contributed by atoms with Gasteiger partial charge in [0.1, 0.15) is 5.69 Å². The van der Waals surface area contributed by atoms with Crippen molar-refractivity contribution < 1.29 is 4.42 Å². The van der Waals surface area contributed by atoms with Crippen LogP contribution in [0, 0.1) is 13.8 Å². The number of benzene rings is 1. The molecule has 0 bridgehead atoms. The average molecular weight is 374 g/mol. The molecule has 0 atom stereocenters. The molecule has 0 saturated heterocycles. The molecule has 0 aliphatic heterocycles. The lowest BCUT2D eigenvalue weighted by atomic mass is 10.1. The molecule has 0 aliphatic rings. The van der Waals surface area contributed by atoms with Crippen LogP contribution in [-0.2, 0) is 0 Å². The Kier molecular flexibility index (Phi) is 4.80. The summed E-state index contributed by atoms with van der Waals surface area (Å²) in [5.41, 5.74) is 5.13. The zero-order valence-corrected chi connectivity index (χ0v) is 15.9. The molecule has 0 amide bonds. The van der Waals surface area contributed by atoms with Crippen LogP contribution in [0.25, 0.3) is 11.5 Å². The summed E-state index contributed by atoms with van der Waals surface area (Å²) < 4.78 is 7.37. The van der Waals surface area contributed by atoms with E-state index >= 15 is 0 Å². The van der Waals surface area contributed by atoms with Gasteiger partial charge in [0.15, 0.2) is 5.76 Å². The molecule has 134 valence electrons. The predicted octanol–water partition coefficient (Wildman–Crippen LogP) is 4.94. The van der Waals surface area contributed by atoms with E-state index in [2.05, 4.69) is 36.1 Å². The standard InChI is InChI=1S/C21H18N4OS/c1-15-7-8-18(11-16(15)2)24-21-25(23-13-17-5-3-9-22-12-17)19(14-27-21)20-6-4-10-26-20/h3-14H,1-2H3. The summed E-state index contributed by atoms with van der Waals surface area (Å²) in [6.45, 7) is 4.18. The molecule has 0 spiro atoms. The molecule has 6 heteroatoms. The third kappa shape index (κ3) is 3.80. The molecule has 27 heavy (non-hydrogen) atoms. The summed E-state index contributed by atoms with van der Waals surface area (Å²) in [5.74, 6) is 0.746. The highest BCUT2D eigenvalue weighted by atomic mass is 32.1. The minimum atomic E-state index is 0.746. The van der Waals surface area contributed by atoms with E-state index in [4.69, 9.17) is 9.41 Å². The molecule has 4 rings (SSSR count). The lowest BCUT2D eigenvalue weighted by molar-refractivity contribution is 0.575. The summed E-state index contributed by atoms with van der Waals surface area (Å²) in [6.07, 6.45) is 6.93. The zero-order chi connectivity index (χ0) is 18.6. The molecule has 0 saturated carbocycles. The molecule has 0 N–H and O–H groups in total. The molecule has 4 aromatic rings. The van der Waals surface area contributed by atoms with Gasteiger partial charge in [-0.05, 0) is 55.3 Å². The van der Waals surface area contributed by atoms with Crippen molar-refractivity contribution in [2.24, 2.45) is 10.1 Å². The van der Waals surface area contributed by atoms with E-state index in [9.17, 15) is 0 Å². The predicted molar refractivity (Wildman–Crippen MR) is 108 cm³/mol. The first kappa shape index (κ1) is 17.2. The van der Waals surface area contributed by atoms with Crippen molar-refractivity contribution in [1.82, 2.24) is 9.66 Å². The first-order valence-electron chi connectivity index (χ1n) is 8.51. The Balaban J connectivity index is 1.83. The Morgan fingerprint density at radius 2 is 2.04 bits per heavy atom. The van der Waals surface area contributed by atoms with Crippen molar-refractivity contribution in [3.05, 3.63) is 88.0 Å². The SMILES string of the molecule is Cc1ccc(N=c2scc(-c3ccco3)n2N=Cc2cccnc2)cc1C. The number of pyridine rings is 1. The van der Waals surface area contributed by atoms with Crippen molar-refractivity contribution >= 4 is 23.2 Å². The van der Waals surface area contributed by atoms with E-state index < -0.39 is 0 Å². The normalized spacial score (nSPS) is 12.1. The molecule has 5 nitrogen and oxygen atoms in total. The first-order chi connectivity index (χ1) is 13.2. The Labute approximate surface area is 161 Å². The van der Waals surface area contributed by atoms with Crippen molar-refractivity contribution in [2.75, 3.05) is 0 Å². The fourth-order valence-electron chi connectivity index (χ4n) is 2.57. The molecule has 3 heterocycles. The Hall–Kier alpha value is -3.25. The van der Waals surface area contributed by atoms with E-state index in [0.717, 1.165) is 27.5 Å². The number of furan rings is 1. The van der Waals surface area contributed by atoms with E-state index in [1.54, 1.807) is 29.5 Å². The third-order valence-electron chi connectivity index (χ3n) is 4.18. The molecule has 0 aliphatic carbocycles. The van der Waals surface area contributed by atoms with Gasteiger partial charge >= 0.3 is 0 Å². The molecule has 1 aromatic carbocycles. The highest BCUT2D eigenvalue weighted by Crippen LogP contribution is 2.22. The molecule has 0 fully saturated rings. The highest BCUT2D eigenvalue weighted by Gasteiger charge is 2.10. The minimum absolute atomic E-state index is 0.746. The van der Waals surface area contributed by atoms with Crippen molar-refractivity contribution in [1.29, 1.82) is 0 Å². The minimum Gasteiger partial charge on any atom is -0.463 e. The van der Waals surface area contributed by atoms with Gasteiger partial charge in [0.05, 0.1) is 18.2 Å². The number of aromatic nitrogens is 2. The second-order valence-corrected chi connectivity index (χ2v) is 6.94. The van der Waals surface area contributed by atoms with Crippen LogP contribution in [0.3, 0.4) is 0 Å². The van der Waals surface area contributed by atoms with E-state index in [1.807, 2.05) is 35.7 Å². The van der Waals surface area contributed by atoms with Gasteiger partial charge in [0.25, 0.3) is 0 Å². The summed E-state index contributed by atoms with van der Waals surface area (Å²) in [4.78, 5) is 9.69. The van der Waals surface area contributed by atoms with Crippen LogP contribution in [0.4, 0.5) is 5.69 Å². The highest BCUT2D eigenvalue weighted by molar-refractivity contribution is 7.07. The molecule has 0 unspecified atom stereocenters. The number of thiazole rings is 1. The quantitative estimate of drug-likeness (QED) is 0.475. The smallest absolute Gasteiger partial charge is 0.211 e. The molecule has 0 radical (unpaired) electrons. The number of hydrogen-bond acceptors (Lipinski definition) is 5. The van der Waals surface area contributed by atoms with Crippen molar-refractivity contribution in [3.63, 3.8) is 0 Å². The van der Waals surface area contributed by atoms with Gasteiger partial charge in [-0.25, -0.2) is 9.67 Å². The van der Waals surface area contributed by atoms with E-state index in [-0.39, 0.29) is 0 Å². The van der Waals surface area contributed by atoms with Gasteiger partial charge in [-0.3, -0.25) is 4.98 Å². The number of aryl methyl sites for hydroxylation is 2. The summed E-state index contributed by atoms with van der Waals surface area (Å²) in [6, 6.07) is 13.8. The van der Waals surface area contributed by atoms with Crippen LogP contribution < -0.4 is 4.80 Å². The maximum Gasteiger partial charge on any atom is 0.211 e. The van der Waals surface area contributed by atoms with Crippen LogP contribution in [0.2, 0.25) is 0 Å². The van der Waals surface area contributed by atoms with Crippen LogP contribution in [-0.4, -0.2) is 15.9 Å². The Morgan fingerprint density at radius 3 is 2.78 bits per heavy atom. The van der Waals surface area contributed by atoms with Gasteiger partial charge < -0.3 is 4.42 Å². The van der Waals surface area contributed by atoms with E-state index in [0.29, 0.717) is 0 Å². The molecular weight excluding hydrogens is 356 g/mol. The maximum absolute atomic E-state index is 5.57. The van der Waals surface area contributed by atoms with Crippen LogP contribution in [0.5, 0.6) is 0 Å². The van der Waals surface area contributed by atoms with E-state index in [1.165, 1.54) is 22.5 Å². The lowest BCUT2D eigenvalue weighted by Gasteiger charge is -2.02. The summed E-state index contributed by atoms with van der Waals surface area (Å²) >= 11 is 1.52. The number of rotatable bonds is 4. The van der Waals surface area contributed by atoms with Crippen molar-refractivity contribution in [2.45, 2.75) is 13.8 Å². The van der Waals surface area contributed by atoms with Gasteiger partial charge in [-0.15, -0.1) is 11.3 Å². The van der Waals surface area contributed by atoms with Crippen LogP contribution >= 0.6 is 11.3 Å². The second-order valence-electron chi connectivity index (χ2n) is 6.10. The van der Waals surface area contributed by atoms with Gasteiger partial charge in [-0.2, -0.15) is 5.10 Å². The third-order valence-corrected chi connectivity index (χ3v) is 5.00. The van der Waals surface area contributed by atoms with Crippen LogP contribution in [0.15, 0.2) is 81.0 Å². The summed E-state index contributed by atoms with van der Waals surface area (Å²) in [7, 11) is 0. The molecule has 3 aromatic heterocycles. The molecular formula is C21H18N4OS. The number of nitrogens with zero attached hydrogens (tertiary/aromatic N) is 4. The second kappa shape index (κ2) is 7.55. The monoisotopic (exact) mass is 374 g/mol. The maximum atomic E-state index is 5.57. The van der Waals surface area contributed by atoms with Gasteiger partial charge in [0.2, 0.25) is 4.80 Å². The average Bonchev–Trinajstić information content (AvgIpc) is 3.34. The fraction of sp³-hybridized carbons (Fsp3) is 0.0952. The first-order valence-corrected chi connectivity index (χ1v) is 9.39. The largest absolute Gasteiger partial charge is 0.463 e. The topological polar surface area (TPSA) is 55.7 Å². The zero-order valence-electron chi connectivity index (χ0n) is 15.0.